The van der Waals surface area contributed by atoms with Crippen LogP contribution in [0.2, 0.25) is 0 Å². The molecule has 0 fully saturated rings. The van der Waals surface area contributed by atoms with Gasteiger partial charge in [0.25, 0.3) is 0 Å². The third-order valence-electron chi connectivity index (χ3n) is 2.77. The van der Waals surface area contributed by atoms with E-state index in [0.29, 0.717) is 36.5 Å². The number of carbonyl (C=O) groups excluding carboxylic acids is 1. The van der Waals surface area contributed by atoms with Gasteiger partial charge in [-0.3, -0.25) is 4.79 Å². The molecule has 0 saturated heterocycles. The van der Waals surface area contributed by atoms with Crippen molar-refractivity contribution in [2.24, 2.45) is 5.92 Å². The van der Waals surface area contributed by atoms with Gasteiger partial charge >= 0.3 is 0 Å². The van der Waals surface area contributed by atoms with E-state index in [0.717, 1.165) is 0 Å². The molecule has 2 N–H and O–H groups in total. The second-order valence-electron chi connectivity index (χ2n) is 5.26. The fourth-order valence-corrected chi connectivity index (χ4v) is 1.67. The van der Waals surface area contributed by atoms with Gasteiger partial charge in [0.15, 0.2) is 5.82 Å². The number of carbonyl (C=O) groups is 1. The summed E-state index contributed by atoms with van der Waals surface area (Å²) in [5.41, 5.74) is 0. The Morgan fingerprint density at radius 2 is 2.14 bits per heavy atom. The minimum Gasteiger partial charge on any atom is -0.377 e. The van der Waals surface area contributed by atoms with Crippen molar-refractivity contribution in [1.29, 1.82) is 0 Å². The summed E-state index contributed by atoms with van der Waals surface area (Å²) in [5, 5.41) is 5.87. The van der Waals surface area contributed by atoms with Crippen LogP contribution in [0.25, 0.3) is 0 Å². The van der Waals surface area contributed by atoms with Crippen molar-refractivity contribution < 1.29 is 9.53 Å². The number of hydrogen-bond acceptors (Lipinski definition) is 6. The van der Waals surface area contributed by atoms with E-state index < -0.39 is 0 Å². The maximum Gasteiger partial charge on any atom is 0.239 e. The first-order chi connectivity index (χ1) is 9.96. The molecule has 7 heteroatoms. The summed E-state index contributed by atoms with van der Waals surface area (Å²) in [7, 11) is 5.21. The fourth-order valence-electron chi connectivity index (χ4n) is 1.67. The lowest BCUT2D eigenvalue weighted by Gasteiger charge is -2.19. The monoisotopic (exact) mass is 295 g/mol. The van der Waals surface area contributed by atoms with Gasteiger partial charge in [-0.05, 0) is 5.92 Å². The summed E-state index contributed by atoms with van der Waals surface area (Å²) in [5.74, 6) is 2.36. The zero-order valence-electron chi connectivity index (χ0n) is 13.4. The van der Waals surface area contributed by atoms with Gasteiger partial charge in [-0.1, -0.05) is 13.8 Å². The Labute approximate surface area is 126 Å². The number of likely N-dealkylation sites (N-methyl/N-ethyl adjacent to an activating group) is 1. The van der Waals surface area contributed by atoms with E-state index in [1.807, 2.05) is 7.05 Å². The van der Waals surface area contributed by atoms with Gasteiger partial charge < -0.3 is 20.3 Å². The van der Waals surface area contributed by atoms with Gasteiger partial charge in [-0.25, -0.2) is 9.97 Å². The Hall–Kier alpha value is -1.89. The van der Waals surface area contributed by atoms with Crippen LogP contribution in [-0.4, -0.2) is 50.2 Å². The number of methoxy groups -OCH3 is 1. The molecule has 118 valence electrons. The normalized spacial score (nSPS) is 10.6. The van der Waals surface area contributed by atoms with Gasteiger partial charge in [0.05, 0.1) is 6.54 Å². The first-order valence-electron chi connectivity index (χ1n) is 6.98. The highest BCUT2D eigenvalue weighted by Crippen LogP contribution is 2.14. The van der Waals surface area contributed by atoms with Crippen molar-refractivity contribution in [1.82, 2.24) is 15.3 Å². The molecule has 7 nitrogen and oxygen atoms in total. The number of aromatic nitrogens is 2. The Bertz CT molecular complexity index is 465. The average Bonchev–Trinajstić information content (AvgIpc) is 2.45. The number of hydrogen-bond donors (Lipinski definition) is 2. The van der Waals surface area contributed by atoms with Crippen LogP contribution in [0, 0.1) is 5.92 Å². The first-order valence-corrected chi connectivity index (χ1v) is 6.98. The van der Waals surface area contributed by atoms with Gasteiger partial charge in [0.1, 0.15) is 18.2 Å². The largest absolute Gasteiger partial charge is 0.377 e. The molecule has 21 heavy (non-hydrogen) atoms. The van der Waals surface area contributed by atoms with Gasteiger partial charge in [0.2, 0.25) is 5.91 Å². The second kappa shape index (κ2) is 8.41. The number of nitrogens with one attached hydrogen (secondary N) is 2. The molecule has 0 spiro atoms. The summed E-state index contributed by atoms with van der Waals surface area (Å²) in [6.45, 7) is 5.37. The first kappa shape index (κ1) is 17.2. The van der Waals surface area contributed by atoms with Crippen LogP contribution in [0.15, 0.2) is 6.07 Å². The predicted molar refractivity (Wildman–Crippen MR) is 83.4 cm³/mol. The molecule has 1 aromatic rings. The van der Waals surface area contributed by atoms with Crippen LogP contribution in [0.3, 0.4) is 0 Å². The lowest BCUT2D eigenvalue weighted by molar-refractivity contribution is -0.119. The lowest BCUT2D eigenvalue weighted by Crippen LogP contribution is -2.37. The summed E-state index contributed by atoms with van der Waals surface area (Å²) >= 11 is 0. The minimum absolute atomic E-state index is 0.0240. The number of ether oxygens (including phenoxy) is 1. The number of nitrogens with zero attached hydrogens (tertiary/aromatic N) is 3. The van der Waals surface area contributed by atoms with Crippen molar-refractivity contribution in [3.63, 3.8) is 0 Å². The molecular weight excluding hydrogens is 270 g/mol. The zero-order chi connectivity index (χ0) is 15.8. The SMILES string of the molecule is CNc1cc(N(C)CC(=O)NCC(C)C)nc(COC)n1. The molecule has 0 aliphatic carbocycles. The van der Waals surface area contributed by atoms with Crippen LogP contribution in [0.4, 0.5) is 11.6 Å². The highest BCUT2D eigenvalue weighted by Gasteiger charge is 2.11. The molecule has 0 saturated carbocycles. The van der Waals surface area contributed by atoms with Crippen LogP contribution in [0.1, 0.15) is 19.7 Å². The maximum atomic E-state index is 11.9. The van der Waals surface area contributed by atoms with Gasteiger partial charge in [0, 0.05) is 33.8 Å². The molecule has 0 atom stereocenters. The van der Waals surface area contributed by atoms with E-state index in [9.17, 15) is 4.79 Å². The average molecular weight is 295 g/mol. The van der Waals surface area contributed by atoms with Gasteiger partial charge in [-0.15, -0.1) is 0 Å². The molecule has 1 amide bonds. The minimum atomic E-state index is -0.0240. The van der Waals surface area contributed by atoms with Crippen molar-refractivity contribution in [3.05, 3.63) is 11.9 Å². The molecule has 0 aromatic carbocycles. The van der Waals surface area contributed by atoms with Crippen molar-refractivity contribution in [2.45, 2.75) is 20.5 Å². The summed E-state index contributed by atoms with van der Waals surface area (Å²) in [6.07, 6.45) is 0. The van der Waals surface area contributed by atoms with E-state index in [1.165, 1.54) is 0 Å². The Balaban J connectivity index is 2.74. The van der Waals surface area contributed by atoms with Crippen LogP contribution < -0.4 is 15.5 Å². The van der Waals surface area contributed by atoms with Crippen molar-refractivity contribution in [3.8, 4) is 0 Å². The molecule has 0 radical (unpaired) electrons. The molecular formula is C14H25N5O2. The van der Waals surface area contributed by atoms with E-state index in [2.05, 4.69) is 34.4 Å². The summed E-state index contributed by atoms with van der Waals surface area (Å²) in [6, 6.07) is 1.80. The van der Waals surface area contributed by atoms with E-state index in [1.54, 1.807) is 25.1 Å². The van der Waals surface area contributed by atoms with E-state index in [4.69, 9.17) is 4.74 Å². The number of amides is 1. The quantitative estimate of drug-likeness (QED) is 0.741. The molecule has 1 rings (SSSR count). The third kappa shape index (κ3) is 5.95. The lowest BCUT2D eigenvalue weighted by atomic mass is 10.2. The maximum absolute atomic E-state index is 11.9. The topological polar surface area (TPSA) is 79.4 Å². The third-order valence-corrected chi connectivity index (χ3v) is 2.77. The summed E-state index contributed by atoms with van der Waals surface area (Å²) in [4.78, 5) is 22.3. The number of anilines is 2. The highest BCUT2D eigenvalue weighted by atomic mass is 16.5. The predicted octanol–water partition coefficient (Wildman–Crippen LogP) is 0.873. The van der Waals surface area contributed by atoms with E-state index >= 15 is 0 Å². The molecule has 1 heterocycles. The van der Waals surface area contributed by atoms with Crippen LogP contribution in [-0.2, 0) is 16.1 Å². The standard InChI is InChI=1S/C14H25N5O2/c1-10(2)7-16-14(20)8-19(4)13-6-11(15-3)17-12(18-13)9-21-5/h6,10H,7-9H2,1-5H3,(H,16,20)(H,15,17,18). The van der Waals surface area contributed by atoms with Crippen molar-refractivity contribution in [2.75, 3.05) is 44.5 Å². The van der Waals surface area contributed by atoms with Crippen molar-refractivity contribution >= 4 is 17.5 Å². The van der Waals surface area contributed by atoms with E-state index in [-0.39, 0.29) is 12.5 Å². The smallest absolute Gasteiger partial charge is 0.239 e. The van der Waals surface area contributed by atoms with Crippen LogP contribution in [0.5, 0.6) is 0 Å². The summed E-state index contributed by atoms with van der Waals surface area (Å²) < 4.78 is 5.06. The Morgan fingerprint density at radius 1 is 1.43 bits per heavy atom. The Kier molecular flexibility index (Phi) is 6.87. The molecule has 1 aromatic heterocycles. The number of rotatable bonds is 8. The van der Waals surface area contributed by atoms with Gasteiger partial charge in [-0.2, -0.15) is 0 Å². The molecule has 0 aliphatic rings. The van der Waals surface area contributed by atoms with Crippen LogP contribution >= 0.6 is 0 Å². The second-order valence-corrected chi connectivity index (χ2v) is 5.26. The fraction of sp³-hybridized carbons (Fsp3) is 0.643. The molecule has 0 unspecified atom stereocenters. The highest BCUT2D eigenvalue weighted by molar-refractivity contribution is 5.81. The molecule has 0 bridgehead atoms. The zero-order valence-corrected chi connectivity index (χ0v) is 13.4. The Morgan fingerprint density at radius 3 is 2.71 bits per heavy atom. The molecule has 0 aliphatic heterocycles.